The number of ether oxygens (including phenoxy) is 3. The molecule has 9 rings (SSSR count). The number of carbonyl (C=O) groups excluding carboxylic acids is 1. The second-order valence-electron chi connectivity index (χ2n) is 15.8. The molecule has 1 aliphatic heterocycles. The molecule has 0 aliphatic carbocycles. The zero-order chi connectivity index (χ0) is 45.1. The molecule has 11 nitrogen and oxygen atoms in total. The minimum Gasteiger partial charge on any atom is -0.488 e. The first kappa shape index (κ1) is 43.9. The number of aryl methyl sites for hydroxylation is 1. The van der Waals surface area contributed by atoms with Gasteiger partial charge in [-0.3, -0.25) is 4.90 Å². The molecule has 0 bridgehead atoms. The minimum atomic E-state index is -1.06. The average Bonchev–Trinajstić information content (AvgIpc) is 3.35. The van der Waals surface area contributed by atoms with Gasteiger partial charge in [-0.05, 0) is 59.5 Å². The number of piperazine rings is 1. The largest absolute Gasteiger partial charge is 0.488 e. The highest BCUT2D eigenvalue weighted by Crippen LogP contribution is 2.37. The number of carboxylic acids is 1. The Bertz CT molecular complexity index is 2890. The number of nitrogens with zero attached hydrogens (tertiary/aromatic N) is 5. The highest BCUT2D eigenvalue weighted by atomic mass is 16.5. The zero-order valence-electron chi connectivity index (χ0n) is 36.8. The van der Waals surface area contributed by atoms with Crippen LogP contribution in [0.3, 0.4) is 0 Å². The van der Waals surface area contributed by atoms with Crippen molar-refractivity contribution in [1.82, 2.24) is 14.9 Å². The smallest absolute Gasteiger partial charge is 0.356 e. The van der Waals surface area contributed by atoms with E-state index in [2.05, 4.69) is 68.0 Å². The highest BCUT2D eigenvalue weighted by molar-refractivity contribution is 6.01. The van der Waals surface area contributed by atoms with E-state index in [1.54, 1.807) is 6.07 Å². The van der Waals surface area contributed by atoms with Gasteiger partial charge in [-0.2, -0.15) is 0 Å². The van der Waals surface area contributed by atoms with Crippen LogP contribution < -0.4 is 19.3 Å². The van der Waals surface area contributed by atoms with Crippen molar-refractivity contribution in [3.05, 3.63) is 197 Å². The van der Waals surface area contributed by atoms with Crippen LogP contribution in [0.1, 0.15) is 43.2 Å². The summed E-state index contributed by atoms with van der Waals surface area (Å²) in [4.78, 5) is 40.1. The molecule has 0 unspecified atom stereocenters. The fourth-order valence-electron chi connectivity index (χ4n) is 8.02. The van der Waals surface area contributed by atoms with Crippen molar-refractivity contribution in [2.75, 3.05) is 50.1 Å². The first-order chi connectivity index (χ1) is 31.7. The number of aromatic carboxylic acids is 1. The van der Waals surface area contributed by atoms with Gasteiger partial charge >= 0.3 is 11.9 Å². The number of methoxy groups -OCH3 is 1. The van der Waals surface area contributed by atoms with Gasteiger partial charge in [0.15, 0.2) is 11.4 Å². The average molecular weight is 866 g/mol. The molecule has 0 spiro atoms. The molecule has 2 aromatic heterocycles. The Balaban J connectivity index is 0.000000178. The van der Waals surface area contributed by atoms with E-state index >= 15 is 0 Å². The number of pyridine rings is 2. The summed E-state index contributed by atoms with van der Waals surface area (Å²) in [5.41, 5.74) is 8.96. The Hall–Kier alpha value is -7.76. The maximum atomic E-state index is 12.3. The monoisotopic (exact) mass is 865 g/mol. The van der Waals surface area contributed by atoms with Gasteiger partial charge in [0.2, 0.25) is 0 Å². The number of esters is 1. The SMILES string of the molecule is COC(=O)c1cc(OCc2ccccc2)c2cccc(N(C)c3ccccc3C)c2n1.O=C(O)c1cc(OCc2ccccc2)c2cccc(N3CCN(Cc4ccccc4)CC3)c2n1. The lowest BCUT2D eigenvalue weighted by Crippen LogP contribution is -2.46. The second-order valence-corrected chi connectivity index (χ2v) is 15.8. The fraction of sp³-hybridized carbons (Fsp3) is 0.185. The summed E-state index contributed by atoms with van der Waals surface area (Å²) in [5.74, 6) is -0.432. The molecular formula is C54H51N5O6. The molecule has 1 saturated heterocycles. The Morgan fingerprint density at radius 3 is 1.69 bits per heavy atom. The van der Waals surface area contributed by atoms with Crippen LogP contribution in [0.4, 0.5) is 17.1 Å². The van der Waals surface area contributed by atoms with E-state index in [1.807, 2.05) is 122 Å². The number of aromatic nitrogens is 2. The van der Waals surface area contributed by atoms with Gasteiger partial charge in [-0.25, -0.2) is 19.6 Å². The molecule has 3 heterocycles. The maximum absolute atomic E-state index is 12.3. The molecule has 328 valence electrons. The van der Waals surface area contributed by atoms with E-state index in [4.69, 9.17) is 14.2 Å². The number of anilines is 3. The number of hydrogen-bond acceptors (Lipinski definition) is 10. The van der Waals surface area contributed by atoms with E-state index in [-0.39, 0.29) is 11.4 Å². The van der Waals surface area contributed by atoms with Gasteiger partial charge in [0.25, 0.3) is 0 Å². The van der Waals surface area contributed by atoms with E-state index in [0.29, 0.717) is 35.7 Å². The van der Waals surface area contributed by atoms with Crippen LogP contribution in [-0.2, 0) is 24.5 Å². The molecule has 11 heteroatoms. The van der Waals surface area contributed by atoms with E-state index in [0.717, 1.165) is 77.2 Å². The molecule has 8 aromatic rings. The predicted molar refractivity (Wildman–Crippen MR) is 257 cm³/mol. The van der Waals surface area contributed by atoms with Crippen LogP contribution in [0.2, 0.25) is 0 Å². The summed E-state index contributed by atoms with van der Waals surface area (Å²) < 4.78 is 17.2. The number of rotatable bonds is 13. The van der Waals surface area contributed by atoms with Crippen molar-refractivity contribution in [2.24, 2.45) is 0 Å². The molecule has 65 heavy (non-hydrogen) atoms. The standard InChI is InChI=1S/C28H27N3O3.C26H24N2O3/c32-28(33)24-18-26(34-20-22-10-5-2-6-11-22)23-12-7-13-25(27(23)29-24)31-16-14-30(15-17-31)19-21-8-3-1-4-9-21;1-18-10-7-8-14-22(18)28(2)23-15-9-13-20-24(31-17-19-11-5-4-6-12-19)16-21(26(29)30-3)27-25(20)23/h1-13,18H,14-17,19-20H2,(H,32,33);4-16H,17H2,1-3H3. The van der Waals surface area contributed by atoms with Crippen molar-refractivity contribution in [3.8, 4) is 11.5 Å². The maximum Gasteiger partial charge on any atom is 0.356 e. The first-order valence-corrected chi connectivity index (χ1v) is 21.6. The number of carbonyl (C=O) groups is 2. The van der Waals surface area contributed by atoms with Crippen LogP contribution in [0.5, 0.6) is 11.5 Å². The summed E-state index contributed by atoms with van der Waals surface area (Å²) in [5, 5.41) is 11.4. The third kappa shape index (κ3) is 10.5. The van der Waals surface area contributed by atoms with Crippen LogP contribution >= 0.6 is 0 Å². The van der Waals surface area contributed by atoms with Gasteiger partial charge in [0, 0.05) is 68.4 Å². The molecule has 1 aliphatic rings. The Morgan fingerprint density at radius 2 is 1.11 bits per heavy atom. The van der Waals surface area contributed by atoms with E-state index < -0.39 is 11.9 Å². The lowest BCUT2D eigenvalue weighted by molar-refractivity contribution is 0.0593. The fourth-order valence-corrected chi connectivity index (χ4v) is 8.02. The molecule has 6 aromatic carbocycles. The van der Waals surface area contributed by atoms with E-state index in [1.165, 1.54) is 18.7 Å². The number of para-hydroxylation sites is 3. The van der Waals surface area contributed by atoms with Gasteiger partial charge in [0.1, 0.15) is 24.7 Å². The predicted octanol–water partition coefficient (Wildman–Crippen LogP) is 10.5. The minimum absolute atomic E-state index is 0.00859. The van der Waals surface area contributed by atoms with Crippen molar-refractivity contribution in [2.45, 2.75) is 26.7 Å². The van der Waals surface area contributed by atoms with Crippen LogP contribution in [-0.4, -0.2) is 72.2 Å². The number of benzene rings is 6. The molecule has 0 atom stereocenters. The normalized spacial score (nSPS) is 12.6. The molecule has 1 N–H and O–H groups in total. The van der Waals surface area contributed by atoms with Crippen LogP contribution in [0.15, 0.2) is 164 Å². The summed E-state index contributed by atoms with van der Waals surface area (Å²) in [6.45, 7) is 7.32. The molecule has 1 fully saturated rings. The van der Waals surface area contributed by atoms with Crippen LogP contribution in [0.25, 0.3) is 21.8 Å². The second kappa shape index (κ2) is 20.6. The quantitative estimate of drug-likeness (QED) is 0.112. The summed E-state index contributed by atoms with van der Waals surface area (Å²) in [7, 11) is 3.35. The highest BCUT2D eigenvalue weighted by Gasteiger charge is 2.23. The van der Waals surface area contributed by atoms with Gasteiger partial charge in [0.05, 0.1) is 29.5 Å². The van der Waals surface area contributed by atoms with Crippen LogP contribution in [0, 0.1) is 6.92 Å². The van der Waals surface area contributed by atoms with Crippen molar-refractivity contribution >= 4 is 50.8 Å². The summed E-state index contributed by atoms with van der Waals surface area (Å²) >= 11 is 0. The molecular weight excluding hydrogens is 815 g/mol. The number of fused-ring (bicyclic) bond motifs is 2. The number of carboxylic acid groups (broad SMARTS) is 1. The van der Waals surface area contributed by atoms with Gasteiger partial charge in [-0.1, -0.05) is 121 Å². The third-order valence-electron chi connectivity index (χ3n) is 11.4. The molecule has 0 radical (unpaired) electrons. The Kier molecular flexibility index (Phi) is 13.9. The topological polar surface area (TPSA) is 118 Å². The number of hydrogen-bond donors (Lipinski definition) is 1. The Labute approximate surface area is 379 Å². The summed E-state index contributed by atoms with van der Waals surface area (Å²) in [6.07, 6.45) is 0. The van der Waals surface area contributed by atoms with Crippen molar-refractivity contribution in [1.29, 1.82) is 0 Å². The summed E-state index contributed by atoms with van der Waals surface area (Å²) in [6, 6.07) is 53.5. The third-order valence-corrected chi connectivity index (χ3v) is 11.4. The lowest BCUT2D eigenvalue weighted by Gasteiger charge is -2.36. The first-order valence-electron chi connectivity index (χ1n) is 21.6. The van der Waals surface area contributed by atoms with Gasteiger partial charge in [-0.15, -0.1) is 0 Å². The Morgan fingerprint density at radius 1 is 0.600 bits per heavy atom. The zero-order valence-corrected chi connectivity index (χ0v) is 36.8. The van der Waals surface area contributed by atoms with Gasteiger partial charge < -0.3 is 29.1 Å². The van der Waals surface area contributed by atoms with Crippen molar-refractivity contribution in [3.63, 3.8) is 0 Å². The van der Waals surface area contributed by atoms with Crippen molar-refractivity contribution < 1.29 is 28.9 Å². The van der Waals surface area contributed by atoms with E-state index in [9.17, 15) is 14.7 Å². The molecule has 0 saturated carbocycles. The molecule has 0 amide bonds. The lowest BCUT2D eigenvalue weighted by atomic mass is 10.1.